The number of rotatable bonds is 5. The molecular weight excluding hydrogens is 322 g/mol. The van der Waals surface area contributed by atoms with Gasteiger partial charge < -0.3 is 5.73 Å². The van der Waals surface area contributed by atoms with Crippen molar-refractivity contribution in [3.8, 4) is 0 Å². The van der Waals surface area contributed by atoms with Gasteiger partial charge in [0.15, 0.2) is 0 Å². The Morgan fingerprint density at radius 1 is 1.32 bits per heavy atom. The van der Waals surface area contributed by atoms with Gasteiger partial charge in [-0.2, -0.15) is 0 Å². The third-order valence-electron chi connectivity index (χ3n) is 2.76. The number of benzene rings is 1. The molecule has 2 rings (SSSR count). The molecule has 3 nitrogen and oxygen atoms in total. The Kier molecular flexibility index (Phi) is 5.10. The highest BCUT2D eigenvalue weighted by Crippen LogP contribution is 2.17. The molecule has 2 N–H and O–H groups in total. The summed E-state index contributed by atoms with van der Waals surface area (Å²) in [5.41, 5.74) is 8.22. The van der Waals surface area contributed by atoms with Crippen LogP contribution >= 0.6 is 27.3 Å². The van der Waals surface area contributed by atoms with E-state index in [1.807, 2.05) is 6.92 Å². The van der Waals surface area contributed by atoms with Gasteiger partial charge in [0, 0.05) is 22.9 Å². The van der Waals surface area contributed by atoms with Gasteiger partial charge in [-0.1, -0.05) is 28.1 Å². The normalized spacial score (nSPS) is 12.9. The van der Waals surface area contributed by atoms with Crippen molar-refractivity contribution < 1.29 is 0 Å². The first-order valence-electron chi connectivity index (χ1n) is 6.17. The van der Waals surface area contributed by atoms with E-state index in [0.29, 0.717) is 0 Å². The van der Waals surface area contributed by atoms with Crippen LogP contribution in [0.25, 0.3) is 0 Å². The van der Waals surface area contributed by atoms with Crippen LogP contribution in [0.3, 0.4) is 0 Å². The summed E-state index contributed by atoms with van der Waals surface area (Å²) < 4.78 is 1.11. The van der Waals surface area contributed by atoms with Crippen LogP contribution in [-0.4, -0.2) is 16.9 Å². The van der Waals surface area contributed by atoms with Gasteiger partial charge in [0.25, 0.3) is 0 Å². The Morgan fingerprint density at radius 3 is 2.58 bits per heavy atom. The van der Waals surface area contributed by atoms with Gasteiger partial charge in [0.05, 0.1) is 11.7 Å². The number of hydrogen-bond acceptors (Lipinski definition) is 4. The second-order valence-corrected chi connectivity index (χ2v) is 6.57. The molecule has 0 saturated heterocycles. The number of aromatic nitrogens is 1. The molecule has 0 aliphatic heterocycles. The van der Waals surface area contributed by atoms with Crippen LogP contribution in [0.15, 0.2) is 34.1 Å². The molecule has 0 bridgehead atoms. The standard InChI is InChI=1S/C14H18BrN3S/c1-10(16)14-17-13(9-19-14)8-18(2)7-11-3-5-12(15)6-4-11/h3-6,9-10H,7-8,16H2,1-2H3. The molecule has 1 unspecified atom stereocenters. The monoisotopic (exact) mass is 339 g/mol. The maximum absolute atomic E-state index is 5.83. The highest BCUT2D eigenvalue weighted by atomic mass is 79.9. The molecule has 0 radical (unpaired) electrons. The topological polar surface area (TPSA) is 42.1 Å². The van der Waals surface area contributed by atoms with Crippen molar-refractivity contribution in [2.75, 3.05) is 7.05 Å². The summed E-state index contributed by atoms with van der Waals surface area (Å²) in [6.07, 6.45) is 0. The lowest BCUT2D eigenvalue weighted by Gasteiger charge is -2.15. The van der Waals surface area contributed by atoms with E-state index in [0.717, 1.165) is 28.3 Å². The van der Waals surface area contributed by atoms with E-state index in [1.165, 1.54) is 5.56 Å². The Balaban J connectivity index is 1.93. The zero-order valence-electron chi connectivity index (χ0n) is 11.1. The van der Waals surface area contributed by atoms with Crippen LogP contribution in [0.4, 0.5) is 0 Å². The van der Waals surface area contributed by atoms with E-state index < -0.39 is 0 Å². The predicted octanol–water partition coefficient (Wildman–Crippen LogP) is 3.56. The minimum absolute atomic E-state index is 0.0236. The summed E-state index contributed by atoms with van der Waals surface area (Å²) in [4.78, 5) is 6.80. The van der Waals surface area contributed by atoms with Crippen molar-refractivity contribution in [1.82, 2.24) is 9.88 Å². The first-order chi connectivity index (χ1) is 9.04. The number of thiazole rings is 1. The zero-order valence-corrected chi connectivity index (χ0v) is 13.5. The molecule has 0 amide bonds. The van der Waals surface area contributed by atoms with E-state index in [1.54, 1.807) is 11.3 Å². The summed E-state index contributed by atoms with van der Waals surface area (Å²) >= 11 is 5.09. The van der Waals surface area contributed by atoms with Crippen molar-refractivity contribution in [3.05, 3.63) is 50.4 Å². The maximum Gasteiger partial charge on any atom is 0.109 e. The van der Waals surface area contributed by atoms with Gasteiger partial charge >= 0.3 is 0 Å². The van der Waals surface area contributed by atoms with Crippen molar-refractivity contribution >= 4 is 27.3 Å². The molecule has 2 aromatic rings. The molecule has 1 aromatic carbocycles. The predicted molar refractivity (Wildman–Crippen MR) is 84.0 cm³/mol. The van der Waals surface area contributed by atoms with E-state index in [9.17, 15) is 0 Å². The van der Waals surface area contributed by atoms with Gasteiger partial charge in [0.2, 0.25) is 0 Å². The SMILES string of the molecule is CC(N)c1nc(CN(C)Cc2ccc(Br)cc2)cs1. The molecule has 0 saturated carbocycles. The van der Waals surface area contributed by atoms with Crippen LogP contribution in [0, 0.1) is 0 Å². The summed E-state index contributed by atoms with van der Waals surface area (Å²) in [6.45, 7) is 3.73. The van der Waals surface area contributed by atoms with E-state index in [4.69, 9.17) is 5.73 Å². The minimum atomic E-state index is 0.0236. The molecule has 1 heterocycles. The molecule has 0 aliphatic carbocycles. The highest BCUT2D eigenvalue weighted by molar-refractivity contribution is 9.10. The lowest BCUT2D eigenvalue weighted by Crippen LogP contribution is -2.17. The highest BCUT2D eigenvalue weighted by Gasteiger charge is 2.08. The second kappa shape index (κ2) is 6.61. The summed E-state index contributed by atoms with van der Waals surface area (Å²) in [5.74, 6) is 0. The van der Waals surface area contributed by atoms with Crippen LogP contribution in [0.1, 0.15) is 29.2 Å². The Morgan fingerprint density at radius 2 is 2.00 bits per heavy atom. The zero-order chi connectivity index (χ0) is 13.8. The smallest absolute Gasteiger partial charge is 0.109 e. The van der Waals surface area contributed by atoms with Crippen molar-refractivity contribution in [2.24, 2.45) is 5.73 Å². The van der Waals surface area contributed by atoms with Gasteiger partial charge in [-0.15, -0.1) is 11.3 Å². The Labute approximate surface area is 126 Å². The molecule has 1 aromatic heterocycles. The lowest BCUT2D eigenvalue weighted by molar-refractivity contribution is 0.315. The first kappa shape index (κ1) is 14.7. The van der Waals surface area contributed by atoms with Crippen LogP contribution in [0.2, 0.25) is 0 Å². The van der Waals surface area contributed by atoms with Crippen molar-refractivity contribution in [2.45, 2.75) is 26.1 Å². The number of halogens is 1. The lowest BCUT2D eigenvalue weighted by atomic mass is 10.2. The third kappa shape index (κ3) is 4.38. The third-order valence-corrected chi connectivity index (χ3v) is 4.38. The average molecular weight is 340 g/mol. The summed E-state index contributed by atoms with van der Waals surface area (Å²) in [7, 11) is 2.10. The fourth-order valence-corrected chi connectivity index (χ4v) is 2.87. The Bertz CT molecular complexity index is 522. The molecule has 19 heavy (non-hydrogen) atoms. The number of nitrogens with two attached hydrogens (primary N) is 1. The second-order valence-electron chi connectivity index (χ2n) is 4.76. The molecule has 0 aliphatic rings. The fourth-order valence-electron chi connectivity index (χ4n) is 1.84. The van der Waals surface area contributed by atoms with Gasteiger partial charge in [-0.25, -0.2) is 4.98 Å². The quantitative estimate of drug-likeness (QED) is 0.905. The van der Waals surface area contributed by atoms with Crippen LogP contribution < -0.4 is 5.73 Å². The maximum atomic E-state index is 5.83. The fraction of sp³-hybridized carbons (Fsp3) is 0.357. The van der Waals surface area contributed by atoms with E-state index in [2.05, 4.69) is 62.5 Å². The Hall–Kier alpha value is -0.750. The molecule has 0 spiro atoms. The average Bonchev–Trinajstić information content (AvgIpc) is 2.80. The first-order valence-corrected chi connectivity index (χ1v) is 7.84. The number of nitrogens with zero attached hydrogens (tertiary/aromatic N) is 2. The van der Waals surface area contributed by atoms with Crippen molar-refractivity contribution in [1.29, 1.82) is 0 Å². The largest absolute Gasteiger partial charge is 0.322 e. The molecule has 5 heteroatoms. The van der Waals surface area contributed by atoms with Gasteiger partial charge in [-0.3, -0.25) is 4.90 Å². The molecule has 0 fully saturated rings. The minimum Gasteiger partial charge on any atom is -0.322 e. The van der Waals surface area contributed by atoms with Crippen LogP contribution in [-0.2, 0) is 13.1 Å². The molecule has 102 valence electrons. The van der Waals surface area contributed by atoms with E-state index >= 15 is 0 Å². The van der Waals surface area contributed by atoms with Gasteiger partial charge in [0.1, 0.15) is 5.01 Å². The molecule has 1 atom stereocenters. The van der Waals surface area contributed by atoms with Crippen molar-refractivity contribution in [3.63, 3.8) is 0 Å². The number of hydrogen-bond donors (Lipinski definition) is 1. The van der Waals surface area contributed by atoms with E-state index in [-0.39, 0.29) is 6.04 Å². The van der Waals surface area contributed by atoms with Gasteiger partial charge in [-0.05, 0) is 31.7 Å². The molecular formula is C14H18BrN3S. The van der Waals surface area contributed by atoms with Crippen LogP contribution in [0.5, 0.6) is 0 Å². The summed E-state index contributed by atoms with van der Waals surface area (Å²) in [5, 5.41) is 3.10. The summed E-state index contributed by atoms with van der Waals surface area (Å²) in [6, 6.07) is 8.43.